The molecule has 0 spiro atoms. The van der Waals surface area contributed by atoms with Crippen molar-refractivity contribution in [1.29, 1.82) is 0 Å². The van der Waals surface area contributed by atoms with Crippen LogP contribution in [-0.4, -0.2) is 49.8 Å². The van der Waals surface area contributed by atoms with Crippen LogP contribution < -0.4 is 5.32 Å². The molecule has 0 amide bonds. The first-order valence-electron chi connectivity index (χ1n) is 7.09. The van der Waals surface area contributed by atoms with Crippen LogP contribution >= 0.6 is 0 Å². The molecule has 5 nitrogen and oxygen atoms in total. The molecule has 1 aromatic carbocycles. The molecule has 1 N–H and O–H groups in total. The minimum Gasteiger partial charge on any atom is -0.315 e. The molecule has 1 saturated heterocycles. The molecule has 3 rings (SSSR count). The number of rotatable bonds is 3. The Kier molecular flexibility index (Phi) is 3.81. The molecule has 1 unspecified atom stereocenters. The molecular weight excluding hydrogens is 274 g/mol. The van der Waals surface area contributed by atoms with Gasteiger partial charge in [-0.25, -0.2) is 0 Å². The van der Waals surface area contributed by atoms with Gasteiger partial charge in [0.05, 0.1) is 0 Å². The highest BCUT2D eigenvalue weighted by Crippen LogP contribution is 2.23. The van der Waals surface area contributed by atoms with E-state index in [0.717, 1.165) is 31.5 Å². The Morgan fingerprint density at radius 2 is 2.05 bits per heavy atom. The second kappa shape index (κ2) is 5.44. The molecule has 2 aliphatic heterocycles. The zero-order valence-corrected chi connectivity index (χ0v) is 12.6. The first-order chi connectivity index (χ1) is 9.59. The van der Waals surface area contributed by atoms with Gasteiger partial charge in [-0.2, -0.15) is 17.0 Å². The van der Waals surface area contributed by atoms with Gasteiger partial charge < -0.3 is 5.32 Å². The van der Waals surface area contributed by atoms with Crippen molar-refractivity contribution in [2.75, 3.05) is 26.7 Å². The van der Waals surface area contributed by atoms with E-state index in [4.69, 9.17) is 0 Å². The Morgan fingerprint density at radius 3 is 2.75 bits per heavy atom. The minimum absolute atomic E-state index is 0.0807. The maximum Gasteiger partial charge on any atom is 0.282 e. The lowest BCUT2D eigenvalue weighted by atomic mass is 10.0. The van der Waals surface area contributed by atoms with Crippen LogP contribution in [0.1, 0.15) is 17.5 Å². The maximum absolute atomic E-state index is 12.7. The van der Waals surface area contributed by atoms with E-state index < -0.39 is 10.2 Å². The molecule has 1 fully saturated rings. The first kappa shape index (κ1) is 14.0. The van der Waals surface area contributed by atoms with Crippen molar-refractivity contribution in [2.45, 2.75) is 25.4 Å². The summed E-state index contributed by atoms with van der Waals surface area (Å²) < 4.78 is 28.6. The average molecular weight is 295 g/mol. The van der Waals surface area contributed by atoms with E-state index >= 15 is 0 Å². The van der Waals surface area contributed by atoms with Crippen molar-refractivity contribution < 1.29 is 8.42 Å². The van der Waals surface area contributed by atoms with Crippen LogP contribution in [-0.2, 0) is 23.2 Å². The van der Waals surface area contributed by atoms with Crippen LogP contribution in [0.15, 0.2) is 24.3 Å². The highest BCUT2D eigenvalue weighted by Gasteiger charge is 2.34. The lowest BCUT2D eigenvalue weighted by Gasteiger charge is -2.33. The predicted octanol–water partition coefficient (Wildman–Crippen LogP) is 0.583. The van der Waals surface area contributed by atoms with Crippen LogP contribution in [0.3, 0.4) is 0 Å². The van der Waals surface area contributed by atoms with Crippen LogP contribution in [0, 0.1) is 0 Å². The Morgan fingerprint density at radius 1 is 1.30 bits per heavy atom. The molecule has 0 bridgehead atoms. The van der Waals surface area contributed by atoms with Gasteiger partial charge in [0, 0.05) is 32.7 Å². The molecule has 1 atom stereocenters. The smallest absolute Gasteiger partial charge is 0.282 e. The number of hydrogen-bond acceptors (Lipinski definition) is 3. The molecule has 0 saturated carbocycles. The van der Waals surface area contributed by atoms with E-state index in [1.165, 1.54) is 5.56 Å². The molecule has 2 heterocycles. The standard InChI is InChI=1S/C14H21N3O2S/c1-16(14-6-8-15-10-14)20(18,19)17-9-7-12-4-2-3-5-13(12)11-17/h2-5,14-15H,6-11H2,1H3. The monoisotopic (exact) mass is 295 g/mol. The van der Waals surface area contributed by atoms with Crippen LogP contribution in [0.5, 0.6) is 0 Å². The molecule has 110 valence electrons. The summed E-state index contributed by atoms with van der Waals surface area (Å²) >= 11 is 0. The SMILES string of the molecule is CN(C1CCNC1)S(=O)(=O)N1CCc2ccccc2C1. The van der Waals surface area contributed by atoms with Crippen LogP contribution in [0.25, 0.3) is 0 Å². The van der Waals surface area contributed by atoms with Crippen LogP contribution in [0.4, 0.5) is 0 Å². The fraction of sp³-hybridized carbons (Fsp3) is 0.571. The van der Waals surface area contributed by atoms with E-state index in [2.05, 4.69) is 11.4 Å². The Bertz CT molecular complexity index is 582. The van der Waals surface area contributed by atoms with Gasteiger partial charge in [-0.3, -0.25) is 0 Å². The van der Waals surface area contributed by atoms with Crippen molar-refractivity contribution in [3.05, 3.63) is 35.4 Å². The summed E-state index contributed by atoms with van der Waals surface area (Å²) in [5, 5.41) is 3.22. The summed E-state index contributed by atoms with van der Waals surface area (Å²) in [7, 11) is -1.66. The third-order valence-corrected chi connectivity index (χ3v) is 6.32. The van der Waals surface area contributed by atoms with Gasteiger partial charge in [-0.05, 0) is 30.5 Å². The average Bonchev–Trinajstić information content (AvgIpc) is 3.00. The predicted molar refractivity (Wildman–Crippen MR) is 78.5 cm³/mol. The number of likely N-dealkylation sites (N-methyl/N-ethyl adjacent to an activating group) is 1. The van der Waals surface area contributed by atoms with Crippen molar-refractivity contribution in [1.82, 2.24) is 13.9 Å². The highest BCUT2D eigenvalue weighted by atomic mass is 32.2. The van der Waals surface area contributed by atoms with Gasteiger partial charge in [-0.1, -0.05) is 24.3 Å². The van der Waals surface area contributed by atoms with Gasteiger partial charge in [0.2, 0.25) is 0 Å². The van der Waals surface area contributed by atoms with Crippen LogP contribution in [0.2, 0.25) is 0 Å². The molecule has 2 aliphatic rings. The Hall–Kier alpha value is -0.950. The van der Waals surface area contributed by atoms with Gasteiger partial charge in [0.1, 0.15) is 0 Å². The van der Waals surface area contributed by atoms with E-state index in [1.807, 2.05) is 18.2 Å². The summed E-state index contributed by atoms with van der Waals surface area (Å²) in [6.07, 6.45) is 1.69. The molecule has 6 heteroatoms. The molecule has 0 aromatic heterocycles. The van der Waals surface area contributed by atoms with Crippen molar-refractivity contribution in [3.63, 3.8) is 0 Å². The second-order valence-electron chi connectivity index (χ2n) is 5.52. The zero-order chi connectivity index (χ0) is 14.2. The molecular formula is C14H21N3O2S. The highest BCUT2D eigenvalue weighted by molar-refractivity contribution is 7.86. The van der Waals surface area contributed by atoms with Gasteiger partial charge in [0.25, 0.3) is 10.2 Å². The largest absolute Gasteiger partial charge is 0.315 e. The zero-order valence-electron chi connectivity index (χ0n) is 11.7. The van der Waals surface area contributed by atoms with Gasteiger partial charge >= 0.3 is 0 Å². The fourth-order valence-corrected chi connectivity index (χ4v) is 4.53. The normalized spacial score (nSPS) is 24.0. The van der Waals surface area contributed by atoms with E-state index in [0.29, 0.717) is 13.1 Å². The third kappa shape index (κ3) is 2.48. The van der Waals surface area contributed by atoms with Crippen molar-refractivity contribution >= 4 is 10.2 Å². The van der Waals surface area contributed by atoms with Crippen molar-refractivity contribution in [2.24, 2.45) is 0 Å². The summed E-state index contributed by atoms with van der Waals surface area (Å²) in [5.74, 6) is 0. The topological polar surface area (TPSA) is 52.7 Å². The molecule has 0 aliphatic carbocycles. The Labute approximate surface area is 120 Å². The summed E-state index contributed by atoms with van der Waals surface area (Å²) in [6, 6.07) is 8.17. The van der Waals surface area contributed by atoms with E-state index in [1.54, 1.807) is 15.7 Å². The third-order valence-electron chi connectivity index (χ3n) is 4.33. The minimum atomic E-state index is -3.36. The quantitative estimate of drug-likeness (QED) is 0.888. The lowest BCUT2D eigenvalue weighted by Crippen LogP contribution is -2.48. The van der Waals surface area contributed by atoms with Gasteiger partial charge in [0.15, 0.2) is 0 Å². The first-order valence-corrected chi connectivity index (χ1v) is 8.49. The molecule has 1 aromatic rings. The van der Waals surface area contributed by atoms with Gasteiger partial charge in [-0.15, -0.1) is 0 Å². The van der Waals surface area contributed by atoms with E-state index in [-0.39, 0.29) is 6.04 Å². The number of nitrogens with zero attached hydrogens (tertiary/aromatic N) is 2. The number of nitrogens with one attached hydrogen (secondary N) is 1. The number of fused-ring (bicyclic) bond motifs is 1. The van der Waals surface area contributed by atoms with E-state index in [9.17, 15) is 8.42 Å². The lowest BCUT2D eigenvalue weighted by molar-refractivity contribution is 0.314. The fourth-order valence-electron chi connectivity index (χ4n) is 2.99. The summed E-state index contributed by atoms with van der Waals surface area (Å²) in [5.41, 5.74) is 2.39. The summed E-state index contributed by atoms with van der Waals surface area (Å²) in [6.45, 7) is 2.71. The number of benzene rings is 1. The molecule has 0 radical (unpaired) electrons. The Balaban J connectivity index is 1.79. The van der Waals surface area contributed by atoms with Crippen molar-refractivity contribution in [3.8, 4) is 0 Å². The maximum atomic E-state index is 12.7. The molecule has 20 heavy (non-hydrogen) atoms. The number of hydrogen-bond donors (Lipinski definition) is 1. The second-order valence-corrected chi connectivity index (χ2v) is 7.51. The summed E-state index contributed by atoms with van der Waals surface area (Å²) in [4.78, 5) is 0.